The molecule has 3 saturated carbocycles. The van der Waals surface area contributed by atoms with E-state index in [-0.39, 0.29) is 41.2 Å². The van der Waals surface area contributed by atoms with Crippen LogP contribution in [0.1, 0.15) is 66.2 Å². The van der Waals surface area contributed by atoms with Crippen molar-refractivity contribution in [3.63, 3.8) is 0 Å². The minimum atomic E-state index is -0.570. The summed E-state index contributed by atoms with van der Waals surface area (Å²) in [6.45, 7) is 8.37. The Morgan fingerprint density at radius 2 is 1.96 bits per heavy atom. The zero-order valence-corrected chi connectivity index (χ0v) is 17.8. The number of carbonyl (C=O) groups excluding carboxylic acids is 2. The predicted molar refractivity (Wildman–Crippen MR) is 108 cm³/mol. The summed E-state index contributed by atoms with van der Waals surface area (Å²) in [5.41, 5.74) is -0.488. The number of carbonyl (C=O) groups is 2. The van der Waals surface area contributed by atoms with E-state index in [0.29, 0.717) is 17.8 Å². The number of fused-ring (bicyclic) bond motifs is 5. The second kappa shape index (κ2) is 6.58. The van der Waals surface area contributed by atoms with Crippen LogP contribution in [-0.2, 0) is 9.59 Å². The lowest BCUT2D eigenvalue weighted by Crippen LogP contribution is -2.60. The van der Waals surface area contributed by atoms with E-state index < -0.39 is 5.54 Å². The van der Waals surface area contributed by atoms with Crippen molar-refractivity contribution in [2.24, 2.45) is 34.5 Å². The molecule has 4 aliphatic rings. The first kappa shape index (κ1) is 19.9. The Hall–Kier alpha value is -1.36. The van der Waals surface area contributed by atoms with Gasteiger partial charge >= 0.3 is 0 Å². The monoisotopic (exact) mass is 388 g/mol. The zero-order valence-electron chi connectivity index (χ0n) is 17.8. The fraction of sp³-hybridized carbons (Fsp3) is 0.826. The second-order valence-electron chi connectivity index (χ2n) is 10.9. The molecule has 28 heavy (non-hydrogen) atoms. The Balaban J connectivity index is 1.56. The molecule has 3 aliphatic carbocycles. The van der Waals surface area contributed by atoms with E-state index in [0.717, 1.165) is 38.5 Å². The molecule has 0 aromatic heterocycles. The van der Waals surface area contributed by atoms with Crippen molar-refractivity contribution in [2.45, 2.75) is 77.8 Å². The van der Waals surface area contributed by atoms with Crippen LogP contribution in [0.2, 0.25) is 0 Å². The largest absolute Gasteiger partial charge is 0.394 e. The van der Waals surface area contributed by atoms with Gasteiger partial charge in [-0.15, -0.1) is 0 Å². The molecule has 7 atom stereocenters. The maximum absolute atomic E-state index is 13.1. The van der Waals surface area contributed by atoms with Gasteiger partial charge in [0.05, 0.1) is 12.1 Å². The molecule has 4 rings (SSSR count). The van der Waals surface area contributed by atoms with Crippen molar-refractivity contribution in [3.8, 4) is 0 Å². The van der Waals surface area contributed by atoms with Gasteiger partial charge in [0.1, 0.15) is 0 Å². The van der Waals surface area contributed by atoms with E-state index in [1.54, 1.807) is 6.08 Å². The predicted octanol–water partition coefficient (Wildman–Crippen LogP) is 2.79. The molecule has 5 heteroatoms. The Kier molecular flexibility index (Phi) is 4.68. The third kappa shape index (κ3) is 2.92. The maximum Gasteiger partial charge on any atom is 0.243 e. The van der Waals surface area contributed by atoms with Crippen molar-refractivity contribution in [2.75, 3.05) is 6.61 Å². The normalized spacial score (nSPS) is 44.9. The van der Waals surface area contributed by atoms with Crippen LogP contribution in [0.3, 0.4) is 0 Å². The number of amides is 2. The number of aliphatic hydroxyl groups excluding tert-OH is 1. The van der Waals surface area contributed by atoms with Crippen LogP contribution in [-0.4, -0.2) is 35.1 Å². The number of rotatable bonds is 3. The Labute approximate surface area is 168 Å². The molecule has 0 aromatic rings. The average molecular weight is 389 g/mol. The van der Waals surface area contributed by atoms with Crippen molar-refractivity contribution in [1.29, 1.82) is 0 Å². The molecule has 0 radical (unpaired) electrons. The van der Waals surface area contributed by atoms with Gasteiger partial charge in [-0.1, -0.05) is 19.9 Å². The first-order valence-electron chi connectivity index (χ1n) is 11.0. The van der Waals surface area contributed by atoms with Gasteiger partial charge in [-0.3, -0.25) is 9.59 Å². The van der Waals surface area contributed by atoms with Gasteiger partial charge < -0.3 is 15.7 Å². The highest BCUT2D eigenvalue weighted by molar-refractivity contribution is 5.89. The van der Waals surface area contributed by atoms with Gasteiger partial charge in [-0.25, -0.2) is 0 Å². The van der Waals surface area contributed by atoms with Crippen LogP contribution >= 0.6 is 0 Å². The van der Waals surface area contributed by atoms with Crippen LogP contribution in [0.25, 0.3) is 0 Å². The summed E-state index contributed by atoms with van der Waals surface area (Å²) in [5.74, 6) is 1.98. The number of nitrogens with one attached hydrogen (secondary N) is 2. The van der Waals surface area contributed by atoms with E-state index in [4.69, 9.17) is 0 Å². The maximum atomic E-state index is 13.1. The van der Waals surface area contributed by atoms with Crippen LogP contribution < -0.4 is 10.6 Å². The molecule has 1 aliphatic heterocycles. The summed E-state index contributed by atoms with van der Waals surface area (Å²) >= 11 is 0. The van der Waals surface area contributed by atoms with Gasteiger partial charge in [0, 0.05) is 17.4 Å². The lowest BCUT2D eigenvalue weighted by Gasteiger charge is -2.58. The summed E-state index contributed by atoms with van der Waals surface area (Å²) in [5, 5.41) is 15.8. The summed E-state index contributed by atoms with van der Waals surface area (Å²) in [6, 6.07) is 0.251. The molecular formula is C23H36N2O3. The minimum Gasteiger partial charge on any atom is -0.394 e. The second-order valence-corrected chi connectivity index (χ2v) is 10.9. The van der Waals surface area contributed by atoms with Gasteiger partial charge in [0.25, 0.3) is 0 Å². The fourth-order valence-corrected chi connectivity index (χ4v) is 7.22. The van der Waals surface area contributed by atoms with Crippen molar-refractivity contribution >= 4 is 11.8 Å². The van der Waals surface area contributed by atoms with Gasteiger partial charge in [0.2, 0.25) is 11.8 Å². The number of aliphatic hydroxyl groups is 1. The molecule has 0 bridgehead atoms. The van der Waals surface area contributed by atoms with E-state index in [9.17, 15) is 14.7 Å². The van der Waals surface area contributed by atoms with E-state index in [1.165, 1.54) is 0 Å². The third-order valence-electron chi connectivity index (χ3n) is 8.86. The van der Waals surface area contributed by atoms with Crippen LogP contribution in [0.15, 0.2) is 12.2 Å². The van der Waals surface area contributed by atoms with Crippen molar-refractivity contribution in [3.05, 3.63) is 12.2 Å². The summed E-state index contributed by atoms with van der Waals surface area (Å²) in [4.78, 5) is 24.9. The number of hydrogen-bond donors (Lipinski definition) is 3. The smallest absolute Gasteiger partial charge is 0.243 e. The highest BCUT2D eigenvalue weighted by Crippen LogP contribution is 2.65. The first-order chi connectivity index (χ1) is 13.1. The average Bonchev–Trinajstić information content (AvgIpc) is 2.99. The molecule has 2 amide bonds. The van der Waals surface area contributed by atoms with Gasteiger partial charge in [-0.2, -0.15) is 0 Å². The molecule has 0 aromatic carbocycles. The molecule has 1 heterocycles. The lowest BCUT2D eigenvalue weighted by atomic mass is 9.48. The van der Waals surface area contributed by atoms with Crippen molar-refractivity contribution in [1.82, 2.24) is 10.6 Å². The Morgan fingerprint density at radius 3 is 2.68 bits per heavy atom. The van der Waals surface area contributed by atoms with E-state index in [1.807, 2.05) is 13.8 Å². The molecule has 0 spiro atoms. The number of hydrogen-bond acceptors (Lipinski definition) is 3. The van der Waals surface area contributed by atoms with Gasteiger partial charge in [0.15, 0.2) is 0 Å². The Bertz CT molecular complexity index is 702. The van der Waals surface area contributed by atoms with Crippen LogP contribution in [0.5, 0.6) is 0 Å². The molecule has 3 fully saturated rings. The minimum absolute atomic E-state index is 0.0383. The Morgan fingerprint density at radius 1 is 1.21 bits per heavy atom. The topological polar surface area (TPSA) is 78.4 Å². The summed E-state index contributed by atoms with van der Waals surface area (Å²) in [7, 11) is 0. The quantitative estimate of drug-likeness (QED) is 0.696. The fourth-order valence-electron chi connectivity index (χ4n) is 7.22. The third-order valence-corrected chi connectivity index (χ3v) is 8.86. The highest BCUT2D eigenvalue weighted by atomic mass is 16.3. The van der Waals surface area contributed by atoms with Crippen molar-refractivity contribution < 1.29 is 14.7 Å². The zero-order chi connectivity index (χ0) is 20.3. The highest BCUT2D eigenvalue weighted by Gasteiger charge is 2.61. The van der Waals surface area contributed by atoms with E-state index in [2.05, 4.69) is 30.6 Å². The first-order valence-corrected chi connectivity index (χ1v) is 11.0. The standard InChI is InChI=1S/C23H36N2O3/c1-21(2,13-26)25-20(28)17-7-6-15-14-5-8-18-23(4,12-10-19(27)24-18)16(14)9-11-22(15,17)3/h10,12,14-18,26H,5-9,11,13H2,1-4H3,(H,24,27)(H,25,28)/t14-,15+,16+,17+,18-,22-,23+/m0/s1. The summed E-state index contributed by atoms with van der Waals surface area (Å²) in [6.07, 6.45) is 10.4. The molecule has 0 unspecified atom stereocenters. The SMILES string of the molecule is CC(C)(CO)NC(=O)[C@H]1CC[C@@H]2[C@@H]3CC[C@@H]4NC(=O)C=C[C@]4(C)[C@@H]3CC[C@]12C. The molecule has 0 saturated heterocycles. The molecule has 5 nitrogen and oxygen atoms in total. The lowest BCUT2D eigenvalue weighted by molar-refractivity contribution is -0.136. The van der Waals surface area contributed by atoms with Crippen LogP contribution in [0, 0.1) is 34.5 Å². The molecule has 3 N–H and O–H groups in total. The molecular weight excluding hydrogens is 352 g/mol. The van der Waals surface area contributed by atoms with E-state index >= 15 is 0 Å². The molecule has 156 valence electrons. The van der Waals surface area contributed by atoms with Crippen LogP contribution in [0.4, 0.5) is 0 Å². The summed E-state index contributed by atoms with van der Waals surface area (Å²) < 4.78 is 0. The van der Waals surface area contributed by atoms with Gasteiger partial charge in [-0.05, 0) is 81.6 Å².